The molecule has 1 heterocycles. The third-order valence-electron chi connectivity index (χ3n) is 1.67. The number of nitrogens with zero attached hydrogens (tertiary/aromatic N) is 2. The Bertz CT molecular complexity index is 473. The van der Waals surface area contributed by atoms with Gasteiger partial charge in [-0.1, -0.05) is 0 Å². The van der Waals surface area contributed by atoms with E-state index in [9.17, 15) is 13.2 Å². The molecule has 0 radical (unpaired) electrons. The lowest BCUT2D eigenvalue weighted by atomic mass is 10.3. The second-order valence-electron chi connectivity index (χ2n) is 3.13. The monoisotopic (exact) mass is 235 g/mol. The van der Waals surface area contributed by atoms with Crippen LogP contribution in [0.25, 0.3) is 0 Å². The van der Waals surface area contributed by atoms with Crippen LogP contribution in [-0.2, 0) is 27.8 Å². The number of H-pyrrole nitrogens is 1. The molecular formula is C7H13N3O4S. The van der Waals surface area contributed by atoms with Crippen LogP contribution in [0.2, 0.25) is 0 Å². The van der Waals surface area contributed by atoms with Crippen LogP contribution in [0.4, 0.5) is 0 Å². The first-order valence-electron chi connectivity index (χ1n) is 4.35. The fraction of sp³-hybridized carbons (Fsp3) is 0.714. The Hall–Kier alpha value is -1.15. The molecule has 7 nitrogen and oxygen atoms in total. The highest BCUT2D eigenvalue weighted by atomic mass is 32.2. The molecule has 1 aromatic rings. The van der Waals surface area contributed by atoms with Gasteiger partial charge in [-0.3, -0.25) is 9.17 Å². The minimum atomic E-state index is -3.38. The summed E-state index contributed by atoms with van der Waals surface area (Å²) >= 11 is 0. The van der Waals surface area contributed by atoms with E-state index in [1.165, 1.54) is 11.7 Å². The molecule has 86 valence electrons. The van der Waals surface area contributed by atoms with E-state index >= 15 is 0 Å². The Morgan fingerprint density at radius 3 is 2.67 bits per heavy atom. The summed E-state index contributed by atoms with van der Waals surface area (Å²) in [4.78, 5) is 13.5. The number of rotatable bonds is 5. The Kier molecular flexibility index (Phi) is 3.64. The van der Waals surface area contributed by atoms with Crippen molar-refractivity contribution in [3.05, 3.63) is 16.3 Å². The van der Waals surface area contributed by atoms with Gasteiger partial charge in [0.15, 0.2) is 0 Å². The van der Waals surface area contributed by atoms with E-state index in [0.717, 1.165) is 6.26 Å². The number of aromatic nitrogens is 3. The largest absolute Gasteiger partial charge is 0.342 e. The number of nitrogens with one attached hydrogen (secondary N) is 1. The molecule has 0 saturated carbocycles. The fourth-order valence-electron chi connectivity index (χ4n) is 1.02. The molecule has 0 saturated heterocycles. The Morgan fingerprint density at radius 2 is 2.20 bits per heavy atom. The Labute approximate surface area is 87.2 Å². The molecule has 0 unspecified atom stereocenters. The molecule has 15 heavy (non-hydrogen) atoms. The second-order valence-corrected chi connectivity index (χ2v) is 4.77. The lowest BCUT2D eigenvalue weighted by Gasteiger charge is -1.98. The Balaban J connectivity index is 2.36. The fourth-order valence-corrected chi connectivity index (χ4v) is 1.44. The SMILES string of the molecule is Cn1nc(CCCOS(C)(=O)=O)[nH]c1=O. The van der Waals surface area contributed by atoms with Crippen LogP contribution in [0.1, 0.15) is 12.2 Å². The van der Waals surface area contributed by atoms with E-state index in [1.807, 2.05) is 0 Å². The van der Waals surface area contributed by atoms with Gasteiger partial charge in [0.2, 0.25) is 0 Å². The van der Waals surface area contributed by atoms with Gasteiger partial charge in [0.25, 0.3) is 10.1 Å². The van der Waals surface area contributed by atoms with Crippen LogP contribution in [0, 0.1) is 0 Å². The van der Waals surface area contributed by atoms with Crippen molar-refractivity contribution in [1.29, 1.82) is 0 Å². The maximum absolute atomic E-state index is 10.9. The molecule has 1 rings (SSSR count). The van der Waals surface area contributed by atoms with Crippen molar-refractivity contribution in [3.63, 3.8) is 0 Å². The molecule has 0 bridgehead atoms. The standard InChI is InChI=1S/C7H13N3O4S/c1-10-7(11)8-6(9-10)4-3-5-14-15(2,12)13/h3-5H2,1-2H3,(H,8,9,11). The van der Waals surface area contributed by atoms with Crippen LogP contribution in [0.15, 0.2) is 4.79 Å². The van der Waals surface area contributed by atoms with Gasteiger partial charge >= 0.3 is 5.69 Å². The van der Waals surface area contributed by atoms with Crippen LogP contribution < -0.4 is 5.69 Å². The molecule has 0 spiro atoms. The molecule has 0 amide bonds. The summed E-state index contributed by atoms with van der Waals surface area (Å²) < 4.78 is 26.9. The first kappa shape index (κ1) is 11.9. The van der Waals surface area contributed by atoms with E-state index in [4.69, 9.17) is 0 Å². The van der Waals surface area contributed by atoms with Crippen molar-refractivity contribution < 1.29 is 12.6 Å². The third-order valence-corrected chi connectivity index (χ3v) is 2.27. The molecule has 0 aliphatic rings. The summed E-state index contributed by atoms with van der Waals surface area (Å²) in [5.41, 5.74) is -0.283. The Morgan fingerprint density at radius 1 is 1.53 bits per heavy atom. The summed E-state index contributed by atoms with van der Waals surface area (Å²) in [6.45, 7) is 0.0947. The van der Waals surface area contributed by atoms with Crippen LogP contribution in [-0.4, -0.2) is 36.0 Å². The van der Waals surface area contributed by atoms with Crippen LogP contribution in [0.3, 0.4) is 0 Å². The maximum Gasteiger partial charge on any atom is 0.342 e. The normalized spacial score (nSPS) is 11.9. The molecule has 0 atom stereocenters. The van der Waals surface area contributed by atoms with Gasteiger partial charge in [0.05, 0.1) is 12.9 Å². The molecule has 0 aliphatic heterocycles. The molecule has 1 N–H and O–H groups in total. The number of aryl methyl sites for hydroxylation is 2. The van der Waals surface area contributed by atoms with Crippen LogP contribution in [0.5, 0.6) is 0 Å². The third kappa shape index (κ3) is 4.26. The lowest BCUT2D eigenvalue weighted by Crippen LogP contribution is -2.13. The van der Waals surface area contributed by atoms with Gasteiger partial charge in [-0.2, -0.15) is 13.5 Å². The van der Waals surface area contributed by atoms with E-state index in [1.54, 1.807) is 0 Å². The smallest absolute Gasteiger partial charge is 0.293 e. The lowest BCUT2D eigenvalue weighted by molar-refractivity contribution is 0.314. The first-order chi connectivity index (χ1) is 6.88. The summed E-state index contributed by atoms with van der Waals surface area (Å²) in [6, 6.07) is 0. The predicted molar refractivity (Wildman–Crippen MR) is 52.9 cm³/mol. The molecular weight excluding hydrogens is 222 g/mol. The van der Waals surface area contributed by atoms with Crippen molar-refractivity contribution in [3.8, 4) is 0 Å². The number of aromatic amines is 1. The van der Waals surface area contributed by atoms with Crippen molar-refractivity contribution in [2.24, 2.45) is 7.05 Å². The summed E-state index contributed by atoms with van der Waals surface area (Å²) in [7, 11) is -1.84. The van der Waals surface area contributed by atoms with Gasteiger partial charge in [-0.25, -0.2) is 9.48 Å². The highest BCUT2D eigenvalue weighted by Crippen LogP contribution is 1.95. The highest BCUT2D eigenvalue weighted by Gasteiger charge is 2.04. The number of hydrogen-bond donors (Lipinski definition) is 1. The average molecular weight is 235 g/mol. The van der Waals surface area contributed by atoms with E-state index < -0.39 is 10.1 Å². The minimum absolute atomic E-state index is 0.0947. The topological polar surface area (TPSA) is 94.1 Å². The maximum atomic E-state index is 10.9. The van der Waals surface area contributed by atoms with Gasteiger partial charge < -0.3 is 0 Å². The van der Waals surface area contributed by atoms with Gasteiger partial charge in [-0.15, -0.1) is 0 Å². The average Bonchev–Trinajstić information content (AvgIpc) is 2.39. The molecule has 0 aromatic carbocycles. The summed E-state index contributed by atoms with van der Waals surface area (Å²) in [5.74, 6) is 0.527. The zero-order chi connectivity index (χ0) is 11.5. The summed E-state index contributed by atoms with van der Waals surface area (Å²) in [5, 5.41) is 3.89. The van der Waals surface area contributed by atoms with Crippen LogP contribution >= 0.6 is 0 Å². The quantitative estimate of drug-likeness (QED) is 0.522. The van der Waals surface area contributed by atoms with E-state index in [-0.39, 0.29) is 12.3 Å². The van der Waals surface area contributed by atoms with Crippen molar-refractivity contribution in [2.45, 2.75) is 12.8 Å². The van der Waals surface area contributed by atoms with E-state index in [0.29, 0.717) is 18.7 Å². The number of hydrogen-bond acceptors (Lipinski definition) is 5. The van der Waals surface area contributed by atoms with Crippen molar-refractivity contribution in [2.75, 3.05) is 12.9 Å². The second kappa shape index (κ2) is 4.58. The minimum Gasteiger partial charge on any atom is -0.293 e. The molecule has 0 fully saturated rings. The molecule has 8 heteroatoms. The zero-order valence-corrected chi connectivity index (χ0v) is 9.37. The van der Waals surface area contributed by atoms with Gasteiger partial charge in [0, 0.05) is 13.5 Å². The highest BCUT2D eigenvalue weighted by molar-refractivity contribution is 7.85. The van der Waals surface area contributed by atoms with Crippen molar-refractivity contribution >= 4 is 10.1 Å². The van der Waals surface area contributed by atoms with Gasteiger partial charge in [-0.05, 0) is 6.42 Å². The molecule has 1 aromatic heterocycles. The molecule has 0 aliphatic carbocycles. The zero-order valence-electron chi connectivity index (χ0n) is 8.56. The summed E-state index contributed by atoms with van der Waals surface area (Å²) in [6.07, 6.45) is 1.96. The van der Waals surface area contributed by atoms with Crippen molar-refractivity contribution in [1.82, 2.24) is 14.8 Å². The van der Waals surface area contributed by atoms with E-state index in [2.05, 4.69) is 14.3 Å². The predicted octanol–water partition coefficient (Wildman–Crippen LogP) is -0.983. The van der Waals surface area contributed by atoms with Gasteiger partial charge in [0.1, 0.15) is 5.82 Å². The first-order valence-corrected chi connectivity index (χ1v) is 6.17.